The summed E-state index contributed by atoms with van der Waals surface area (Å²) in [5.41, 5.74) is 0. The van der Waals surface area contributed by atoms with Crippen LogP contribution in [0, 0.1) is 0 Å². The van der Waals surface area contributed by atoms with Gasteiger partial charge in [-0.3, -0.25) is 19.2 Å². The molecule has 0 aromatic heterocycles. The molecule has 0 spiro atoms. The number of carbonyl (C=O) groups is 4. The topological polar surface area (TPSA) is 124 Å². The van der Waals surface area contributed by atoms with E-state index in [2.05, 4.69) is 0 Å². The van der Waals surface area contributed by atoms with Crippen molar-refractivity contribution in [3.8, 4) is 0 Å². The molecule has 0 aromatic carbocycles. The quantitative estimate of drug-likeness (QED) is 0.377. The average molecular weight is 436 g/mol. The number of thioether (sulfide) groups is 1. The summed E-state index contributed by atoms with van der Waals surface area (Å²) < 4.78 is 31.9. The number of esters is 4. The first kappa shape index (κ1) is 25.2. The van der Waals surface area contributed by atoms with E-state index in [-0.39, 0.29) is 12.4 Å². The van der Waals surface area contributed by atoms with Crippen LogP contribution in [0.5, 0.6) is 0 Å². The molecule has 1 aliphatic rings. The molecule has 166 valence electrons. The molecule has 0 radical (unpaired) electrons. The number of methoxy groups -OCH3 is 1. The molecule has 11 heteroatoms. The Morgan fingerprint density at radius 3 is 1.93 bits per heavy atom. The van der Waals surface area contributed by atoms with Gasteiger partial charge in [-0.2, -0.15) is 0 Å². The molecule has 0 aliphatic carbocycles. The van der Waals surface area contributed by atoms with Crippen molar-refractivity contribution < 1.29 is 47.6 Å². The van der Waals surface area contributed by atoms with Crippen molar-refractivity contribution in [2.75, 3.05) is 19.5 Å². The molecule has 1 saturated heterocycles. The Morgan fingerprint density at radius 2 is 1.45 bits per heavy atom. The Bertz CT molecular complexity index is 595. The first-order chi connectivity index (χ1) is 13.6. The van der Waals surface area contributed by atoms with Crippen LogP contribution in [0.2, 0.25) is 0 Å². The van der Waals surface area contributed by atoms with E-state index in [9.17, 15) is 19.2 Å². The first-order valence-electron chi connectivity index (χ1n) is 9.08. The van der Waals surface area contributed by atoms with Crippen LogP contribution in [0.1, 0.15) is 34.6 Å². The molecular formula is C18H28O10S. The number of carbonyl (C=O) groups excluding carboxylic acids is 4. The summed E-state index contributed by atoms with van der Waals surface area (Å²) in [6.45, 7) is 7.19. The van der Waals surface area contributed by atoms with Gasteiger partial charge < -0.3 is 28.4 Å². The van der Waals surface area contributed by atoms with Crippen LogP contribution >= 0.6 is 11.8 Å². The van der Waals surface area contributed by atoms with Gasteiger partial charge in [-0.25, -0.2) is 0 Å². The van der Waals surface area contributed by atoms with E-state index in [4.69, 9.17) is 28.4 Å². The molecule has 0 aromatic rings. The summed E-state index contributed by atoms with van der Waals surface area (Å²) in [5.74, 6) is -2.14. The summed E-state index contributed by atoms with van der Waals surface area (Å²) in [5, 5.41) is -0.504. The molecule has 0 saturated carbocycles. The van der Waals surface area contributed by atoms with Crippen LogP contribution < -0.4 is 0 Å². The van der Waals surface area contributed by atoms with E-state index < -0.39 is 59.8 Å². The van der Waals surface area contributed by atoms with Crippen LogP contribution in [-0.2, 0) is 47.6 Å². The molecule has 1 fully saturated rings. The Morgan fingerprint density at radius 1 is 0.931 bits per heavy atom. The zero-order valence-corrected chi connectivity index (χ0v) is 18.2. The van der Waals surface area contributed by atoms with E-state index in [1.807, 2.05) is 0 Å². The molecule has 6 atom stereocenters. The van der Waals surface area contributed by atoms with Crippen LogP contribution in [0.3, 0.4) is 0 Å². The number of rotatable bonds is 9. The summed E-state index contributed by atoms with van der Waals surface area (Å²) >= 11 is 1.22. The van der Waals surface area contributed by atoms with E-state index in [0.29, 0.717) is 0 Å². The van der Waals surface area contributed by atoms with Gasteiger partial charge in [0.05, 0.1) is 11.9 Å². The molecule has 0 amide bonds. The number of hydrogen-bond acceptors (Lipinski definition) is 11. The summed E-state index contributed by atoms with van der Waals surface area (Å²) in [7, 11) is 1.34. The lowest BCUT2D eigenvalue weighted by atomic mass is 9.98. The van der Waals surface area contributed by atoms with Crippen LogP contribution in [0.25, 0.3) is 0 Å². The molecule has 0 bridgehead atoms. The minimum Gasteiger partial charge on any atom is -0.465 e. The second-order valence-electron chi connectivity index (χ2n) is 6.23. The second kappa shape index (κ2) is 12.0. The van der Waals surface area contributed by atoms with Gasteiger partial charge in [-0.15, -0.1) is 11.8 Å². The van der Waals surface area contributed by atoms with E-state index in [1.165, 1.54) is 39.6 Å². The Balaban J connectivity index is 3.11. The highest BCUT2D eigenvalue weighted by Gasteiger charge is 2.52. The van der Waals surface area contributed by atoms with Gasteiger partial charge in [0, 0.05) is 33.6 Å². The second-order valence-corrected chi connectivity index (χ2v) is 7.60. The van der Waals surface area contributed by atoms with Crippen molar-refractivity contribution in [2.45, 2.75) is 70.6 Å². The van der Waals surface area contributed by atoms with E-state index in [1.54, 1.807) is 13.8 Å². The minimum atomic E-state index is -1.15. The van der Waals surface area contributed by atoms with Crippen molar-refractivity contribution in [2.24, 2.45) is 0 Å². The molecule has 29 heavy (non-hydrogen) atoms. The fraction of sp³-hybridized carbons (Fsp3) is 0.778. The van der Waals surface area contributed by atoms with Crippen LogP contribution in [-0.4, -0.2) is 79.3 Å². The van der Waals surface area contributed by atoms with Gasteiger partial charge in [0.1, 0.15) is 6.10 Å². The van der Waals surface area contributed by atoms with Crippen molar-refractivity contribution >= 4 is 35.6 Å². The van der Waals surface area contributed by atoms with Crippen LogP contribution in [0.4, 0.5) is 0 Å². The third-order valence-corrected chi connectivity index (χ3v) is 5.07. The molecule has 1 rings (SSSR count). The minimum absolute atomic E-state index is 0.197. The maximum Gasteiger partial charge on any atom is 0.318 e. The first-order valence-corrected chi connectivity index (χ1v) is 10.1. The van der Waals surface area contributed by atoms with Crippen molar-refractivity contribution in [3.05, 3.63) is 0 Å². The lowest BCUT2D eigenvalue weighted by molar-refractivity contribution is -0.293. The van der Waals surface area contributed by atoms with Crippen molar-refractivity contribution in [1.82, 2.24) is 0 Å². The molecule has 1 unspecified atom stereocenters. The lowest BCUT2D eigenvalue weighted by Gasteiger charge is -2.44. The van der Waals surface area contributed by atoms with Crippen molar-refractivity contribution in [1.29, 1.82) is 0 Å². The molecular weight excluding hydrogens is 408 g/mol. The summed E-state index contributed by atoms with van der Waals surface area (Å²) in [4.78, 5) is 46.7. The van der Waals surface area contributed by atoms with Crippen LogP contribution in [0.15, 0.2) is 0 Å². The SMILES string of the molecule is CCOC(=O)C(C)SC[C@H]1O[C@@H](OC)[C@H](OC(C)=O)[C@@H](OC(C)=O)[C@@H]1OC(C)=O. The van der Waals surface area contributed by atoms with Gasteiger partial charge in [0.25, 0.3) is 0 Å². The number of hydrogen-bond donors (Lipinski definition) is 0. The Labute approximate surface area is 173 Å². The van der Waals surface area contributed by atoms with Gasteiger partial charge in [-0.05, 0) is 13.8 Å². The van der Waals surface area contributed by atoms with Gasteiger partial charge in [0.2, 0.25) is 0 Å². The Hall–Kier alpha value is -1.85. The highest BCUT2D eigenvalue weighted by molar-refractivity contribution is 8.00. The third-order valence-electron chi connectivity index (χ3n) is 3.86. The predicted molar refractivity (Wildman–Crippen MR) is 101 cm³/mol. The predicted octanol–water partition coefficient (Wildman–Crippen LogP) is 0.838. The number of ether oxygens (including phenoxy) is 6. The monoisotopic (exact) mass is 436 g/mol. The molecule has 1 heterocycles. The van der Waals surface area contributed by atoms with Crippen molar-refractivity contribution in [3.63, 3.8) is 0 Å². The smallest absolute Gasteiger partial charge is 0.318 e. The summed E-state index contributed by atoms with van der Waals surface area (Å²) in [6.07, 6.45) is -5.24. The summed E-state index contributed by atoms with van der Waals surface area (Å²) in [6, 6.07) is 0. The van der Waals surface area contributed by atoms with E-state index in [0.717, 1.165) is 0 Å². The largest absolute Gasteiger partial charge is 0.465 e. The maximum atomic E-state index is 11.9. The molecule has 10 nitrogen and oxygen atoms in total. The Kier molecular flexibility index (Phi) is 10.4. The lowest BCUT2D eigenvalue weighted by Crippen LogP contribution is -2.62. The fourth-order valence-corrected chi connectivity index (χ4v) is 3.70. The van der Waals surface area contributed by atoms with Gasteiger partial charge in [-0.1, -0.05) is 0 Å². The fourth-order valence-electron chi connectivity index (χ4n) is 2.75. The standard InChI is InChI=1S/C18H28O10S/c1-7-24-17(22)9(2)29-8-13-14(25-10(3)19)15(26-11(4)20)16(27-12(5)21)18(23-6)28-13/h9,13-16,18H,7-8H2,1-6H3/t9?,13-,14-,15+,16-,18-/m1/s1. The molecule has 1 aliphatic heterocycles. The highest BCUT2D eigenvalue weighted by Crippen LogP contribution is 2.31. The normalized spacial score (nSPS) is 27.4. The molecule has 0 N–H and O–H groups in total. The zero-order valence-electron chi connectivity index (χ0n) is 17.4. The van der Waals surface area contributed by atoms with Gasteiger partial charge >= 0.3 is 23.9 Å². The zero-order chi connectivity index (χ0) is 22.1. The van der Waals surface area contributed by atoms with E-state index >= 15 is 0 Å². The third kappa shape index (κ3) is 7.82. The highest BCUT2D eigenvalue weighted by atomic mass is 32.2. The maximum absolute atomic E-state index is 11.9. The average Bonchev–Trinajstić information content (AvgIpc) is 2.62. The van der Waals surface area contributed by atoms with Gasteiger partial charge in [0.15, 0.2) is 24.6 Å².